The number of amides is 1. The summed E-state index contributed by atoms with van der Waals surface area (Å²) < 4.78 is 26.7. The maximum atomic E-state index is 12.7. The minimum Gasteiger partial charge on any atom is -0.324 e. The Kier molecular flexibility index (Phi) is 6.48. The lowest BCUT2D eigenvalue weighted by Gasteiger charge is -2.30. The lowest BCUT2D eigenvalue weighted by Crippen LogP contribution is -2.46. The number of nitrogens with zero attached hydrogens (tertiary/aromatic N) is 1. The first-order valence-electron chi connectivity index (χ1n) is 7.53. The maximum absolute atomic E-state index is 12.7. The Morgan fingerprint density at radius 3 is 2.20 bits per heavy atom. The lowest BCUT2D eigenvalue weighted by atomic mass is 10.2. The molecule has 2 aromatic rings. The quantitative estimate of drug-likeness (QED) is 0.721. The fourth-order valence-corrected chi connectivity index (χ4v) is 4.01. The van der Waals surface area contributed by atoms with Crippen molar-refractivity contribution < 1.29 is 13.2 Å². The van der Waals surface area contributed by atoms with Gasteiger partial charge < -0.3 is 5.32 Å². The second kappa shape index (κ2) is 8.21. The predicted octanol–water partition coefficient (Wildman–Crippen LogP) is 4.29. The number of halogens is 2. The summed E-state index contributed by atoms with van der Waals surface area (Å²) in [5.41, 5.74) is 0.987. The van der Waals surface area contributed by atoms with Crippen LogP contribution in [0.2, 0.25) is 5.02 Å². The summed E-state index contributed by atoms with van der Waals surface area (Å²) >= 11 is 9.20. The number of carbonyl (C=O) groups is 1. The van der Waals surface area contributed by atoms with Crippen LogP contribution in [0.15, 0.2) is 53.0 Å². The van der Waals surface area contributed by atoms with Gasteiger partial charge in [-0.05, 0) is 55.0 Å². The third-order valence-corrected chi connectivity index (χ3v) is 5.48. The van der Waals surface area contributed by atoms with Gasteiger partial charge in [0.05, 0.1) is 11.9 Å². The molecule has 0 saturated carbocycles. The van der Waals surface area contributed by atoms with E-state index in [1.165, 1.54) is 0 Å². The lowest BCUT2D eigenvalue weighted by molar-refractivity contribution is -0.117. The molecule has 2 aromatic carbocycles. The highest BCUT2D eigenvalue weighted by Gasteiger charge is 2.31. The van der Waals surface area contributed by atoms with Gasteiger partial charge in [0.2, 0.25) is 15.9 Å². The number of hydrogen-bond acceptors (Lipinski definition) is 3. The summed E-state index contributed by atoms with van der Waals surface area (Å²) in [6.07, 6.45) is 1.40. The van der Waals surface area contributed by atoms with Gasteiger partial charge in [0.1, 0.15) is 6.04 Å². The van der Waals surface area contributed by atoms with E-state index >= 15 is 0 Å². The summed E-state index contributed by atoms with van der Waals surface area (Å²) in [6.45, 7) is 1.76. The predicted molar refractivity (Wildman–Crippen MR) is 106 cm³/mol. The average Bonchev–Trinajstić information content (AvgIpc) is 2.54. The van der Waals surface area contributed by atoms with Gasteiger partial charge in [-0.25, -0.2) is 8.42 Å². The number of rotatable bonds is 6. The minimum atomic E-state index is -3.66. The van der Waals surface area contributed by atoms with Crippen LogP contribution in [0.25, 0.3) is 0 Å². The Morgan fingerprint density at radius 1 is 1.16 bits per heavy atom. The molecule has 1 amide bonds. The average molecular weight is 446 g/mol. The van der Waals surface area contributed by atoms with E-state index in [1.54, 1.807) is 55.5 Å². The van der Waals surface area contributed by atoms with Gasteiger partial charge in [-0.15, -0.1) is 0 Å². The number of anilines is 2. The van der Waals surface area contributed by atoms with Crippen molar-refractivity contribution in [3.05, 3.63) is 58.0 Å². The van der Waals surface area contributed by atoms with Crippen LogP contribution in [0, 0.1) is 0 Å². The smallest absolute Gasteiger partial charge is 0.248 e. The van der Waals surface area contributed by atoms with Crippen LogP contribution >= 0.6 is 27.5 Å². The summed E-state index contributed by atoms with van der Waals surface area (Å²) in [5.74, 6) is -0.398. The van der Waals surface area contributed by atoms with Crippen LogP contribution in [-0.4, -0.2) is 26.6 Å². The van der Waals surface area contributed by atoms with E-state index in [4.69, 9.17) is 11.6 Å². The molecule has 25 heavy (non-hydrogen) atoms. The Hall–Kier alpha value is -1.57. The van der Waals surface area contributed by atoms with Gasteiger partial charge in [-0.2, -0.15) is 0 Å². The number of sulfonamides is 1. The molecule has 134 valence electrons. The van der Waals surface area contributed by atoms with E-state index in [9.17, 15) is 13.2 Å². The molecule has 0 spiro atoms. The first-order valence-corrected chi connectivity index (χ1v) is 10.6. The Bertz CT molecular complexity index is 839. The minimum absolute atomic E-state index is 0.318. The van der Waals surface area contributed by atoms with Crippen molar-refractivity contribution in [2.75, 3.05) is 15.9 Å². The summed E-state index contributed by atoms with van der Waals surface area (Å²) in [6, 6.07) is 12.5. The van der Waals surface area contributed by atoms with Crippen molar-refractivity contribution in [2.45, 2.75) is 19.4 Å². The second-order valence-corrected chi connectivity index (χ2v) is 8.67. The number of nitrogens with one attached hydrogen (secondary N) is 1. The van der Waals surface area contributed by atoms with Crippen molar-refractivity contribution in [2.24, 2.45) is 0 Å². The summed E-state index contributed by atoms with van der Waals surface area (Å²) in [4.78, 5) is 12.7. The molecule has 0 bridgehead atoms. The molecule has 0 saturated heterocycles. The molecule has 0 aliphatic carbocycles. The molecule has 8 heteroatoms. The van der Waals surface area contributed by atoms with Crippen molar-refractivity contribution in [3.8, 4) is 0 Å². The molecule has 0 heterocycles. The highest BCUT2D eigenvalue weighted by atomic mass is 79.9. The van der Waals surface area contributed by atoms with Crippen LogP contribution in [0.5, 0.6) is 0 Å². The molecule has 0 radical (unpaired) electrons. The van der Waals surface area contributed by atoms with E-state index in [1.807, 2.05) is 0 Å². The molecule has 0 fully saturated rings. The molecule has 2 rings (SSSR count). The number of carbonyl (C=O) groups excluding carboxylic acids is 1. The molecule has 1 N–H and O–H groups in total. The topological polar surface area (TPSA) is 66.5 Å². The van der Waals surface area contributed by atoms with E-state index in [-0.39, 0.29) is 0 Å². The molecule has 0 aliphatic rings. The van der Waals surface area contributed by atoms with Crippen LogP contribution in [-0.2, 0) is 14.8 Å². The van der Waals surface area contributed by atoms with Crippen molar-refractivity contribution in [3.63, 3.8) is 0 Å². The van der Waals surface area contributed by atoms with Gasteiger partial charge in [-0.3, -0.25) is 9.10 Å². The highest BCUT2D eigenvalue weighted by molar-refractivity contribution is 9.10. The summed E-state index contributed by atoms with van der Waals surface area (Å²) in [5, 5.41) is 3.25. The highest BCUT2D eigenvalue weighted by Crippen LogP contribution is 2.25. The maximum Gasteiger partial charge on any atom is 0.248 e. The van der Waals surface area contributed by atoms with E-state index in [2.05, 4.69) is 21.2 Å². The van der Waals surface area contributed by atoms with Gasteiger partial charge in [0.25, 0.3) is 0 Å². The van der Waals surface area contributed by atoms with Gasteiger partial charge in [0, 0.05) is 15.2 Å². The fourth-order valence-electron chi connectivity index (χ4n) is 2.41. The van der Waals surface area contributed by atoms with Crippen LogP contribution < -0.4 is 9.62 Å². The Morgan fingerprint density at radius 2 is 1.72 bits per heavy atom. The van der Waals surface area contributed by atoms with Crippen molar-refractivity contribution in [1.29, 1.82) is 0 Å². The van der Waals surface area contributed by atoms with Crippen LogP contribution in [0.4, 0.5) is 11.4 Å². The normalized spacial score (nSPS) is 12.5. The molecular formula is C17H18BrClN2O3S. The van der Waals surface area contributed by atoms with Crippen LogP contribution in [0.3, 0.4) is 0 Å². The van der Waals surface area contributed by atoms with E-state index < -0.39 is 22.0 Å². The molecule has 5 nitrogen and oxygen atoms in total. The Labute approximate surface area is 161 Å². The van der Waals surface area contributed by atoms with Crippen molar-refractivity contribution >= 4 is 54.8 Å². The van der Waals surface area contributed by atoms with E-state index in [0.717, 1.165) is 15.0 Å². The van der Waals surface area contributed by atoms with Gasteiger partial charge in [0.15, 0.2) is 0 Å². The molecule has 0 aromatic heterocycles. The zero-order valence-electron chi connectivity index (χ0n) is 13.7. The fraction of sp³-hybridized carbons (Fsp3) is 0.235. The Balaban J connectivity index is 2.34. The van der Waals surface area contributed by atoms with Gasteiger partial charge in [-0.1, -0.05) is 34.5 Å². The monoisotopic (exact) mass is 444 g/mol. The first kappa shape index (κ1) is 19.8. The molecular weight excluding hydrogens is 428 g/mol. The third-order valence-electron chi connectivity index (χ3n) is 3.52. The van der Waals surface area contributed by atoms with E-state index in [0.29, 0.717) is 22.8 Å². The van der Waals surface area contributed by atoms with Gasteiger partial charge >= 0.3 is 0 Å². The summed E-state index contributed by atoms with van der Waals surface area (Å²) in [7, 11) is -3.66. The zero-order valence-corrected chi connectivity index (χ0v) is 16.9. The molecule has 0 aliphatic heterocycles. The number of hydrogen-bond donors (Lipinski definition) is 1. The molecule has 0 unspecified atom stereocenters. The van der Waals surface area contributed by atoms with Crippen molar-refractivity contribution in [1.82, 2.24) is 0 Å². The zero-order chi connectivity index (χ0) is 18.6. The largest absolute Gasteiger partial charge is 0.324 e. The third kappa shape index (κ3) is 5.20. The second-order valence-electron chi connectivity index (χ2n) is 5.46. The number of benzene rings is 2. The molecule has 1 atom stereocenters. The SMILES string of the molecule is CC[C@@H](C(=O)Nc1ccc(Br)cc1)N(c1ccc(Cl)cc1)S(C)(=O)=O. The standard InChI is InChI=1S/C17H18BrClN2O3S/c1-3-16(17(22)20-14-8-4-12(18)5-9-14)21(25(2,23)24)15-10-6-13(19)7-11-15/h4-11,16H,3H2,1-2H3,(H,20,22)/t16-/m0/s1. The van der Waals surface area contributed by atoms with Crippen LogP contribution in [0.1, 0.15) is 13.3 Å². The first-order chi connectivity index (χ1) is 11.7.